The number of nitrogens with zero attached hydrogens (tertiary/aromatic N) is 1. The standard InChI is InChI=1S/C14H17N3OS3/c1-9-17-11(7-20-9)13-3-2-10(21-13)4-5-15-14(18)12-6-19-8-16-12/h2-3,7,12,16H,4-6,8H2,1H3,(H,15,18). The van der Waals surface area contributed by atoms with E-state index in [1.54, 1.807) is 34.4 Å². The average molecular weight is 340 g/mol. The third-order valence-corrected chi connectivity index (χ3v) is 6.12. The van der Waals surface area contributed by atoms with E-state index in [9.17, 15) is 4.79 Å². The molecule has 4 nitrogen and oxygen atoms in total. The van der Waals surface area contributed by atoms with E-state index in [4.69, 9.17) is 0 Å². The molecule has 3 rings (SSSR count). The molecule has 0 radical (unpaired) electrons. The van der Waals surface area contributed by atoms with Crippen molar-refractivity contribution in [3.8, 4) is 10.6 Å². The average Bonchev–Trinajstić information content (AvgIpc) is 3.19. The lowest BCUT2D eigenvalue weighted by Crippen LogP contribution is -2.42. The fourth-order valence-corrected chi connectivity index (χ4v) is 4.72. The summed E-state index contributed by atoms with van der Waals surface area (Å²) in [7, 11) is 0. The molecule has 1 amide bonds. The van der Waals surface area contributed by atoms with E-state index in [2.05, 4.69) is 33.1 Å². The molecular weight excluding hydrogens is 322 g/mol. The van der Waals surface area contributed by atoms with Gasteiger partial charge in [-0.05, 0) is 25.5 Å². The zero-order valence-corrected chi connectivity index (χ0v) is 14.2. The van der Waals surface area contributed by atoms with Crippen molar-refractivity contribution in [2.24, 2.45) is 0 Å². The maximum Gasteiger partial charge on any atom is 0.238 e. The fourth-order valence-electron chi connectivity index (χ4n) is 2.12. The van der Waals surface area contributed by atoms with Gasteiger partial charge in [0.05, 0.1) is 21.6 Å². The van der Waals surface area contributed by atoms with Gasteiger partial charge in [-0.15, -0.1) is 34.4 Å². The molecule has 1 saturated heterocycles. The van der Waals surface area contributed by atoms with Gasteiger partial charge in [-0.25, -0.2) is 4.98 Å². The second-order valence-electron chi connectivity index (χ2n) is 4.83. The highest BCUT2D eigenvalue weighted by atomic mass is 32.2. The maximum absolute atomic E-state index is 11.9. The molecule has 1 fully saturated rings. The molecule has 1 aliphatic rings. The number of hydrogen-bond acceptors (Lipinski definition) is 6. The first kappa shape index (κ1) is 15.0. The van der Waals surface area contributed by atoms with Gasteiger partial charge in [-0.1, -0.05) is 0 Å². The molecule has 0 bridgehead atoms. The first-order chi connectivity index (χ1) is 10.2. The Morgan fingerprint density at radius 3 is 3.14 bits per heavy atom. The van der Waals surface area contributed by atoms with Gasteiger partial charge in [-0.3, -0.25) is 10.1 Å². The zero-order valence-electron chi connectivity index (χ0n) is 11.7. The van der Waals surface area contributed by atoms with Crippen molar-refractivity contribution in [1.29, 1.82) is 0 Å². The number of carbonyl (C=O) groups excluding carboxylic acids is 1. The zero-order chi connectivity index (χ0) is 14.7. The fraction of sp³-hybridized carbons (Fsp3) is 0.429. The van der Waals surface area contributed by atoms with E-state index in [0.717, 1.165) is 28.8 Å². The second kappa shape index (κ2) is 6.91. The summed E-state index contributed by atoms with van der Waals surface area (Å²) in [6.45, 7) is 2.71. The molecule has 0 aliphatic carbocycles. The van der Waals surface area contributed by atoms with Crippen LogP contribution >= 0.6 is 34.4 Å². The molecule has 1 atom stereocenters. The highest BCUT2D eigenvalue weighted by Crippen LogP contribution is 2.29. The normalized spacial score (nSPS) is 18.0. The van der Waals surface area contributed by atoms with Crippen LogP contribution in [-0.2, 0) is 11.2 Å². The summed E-state index contributed by atoms with van der Waals surface area (Å²) in [5, 5.41) is 9.37. The molecular formula is C14H17N3OS3. The summed E-state index contributed by atoms with van der Waals surface area (Å²) >= 11 is 5.20. The van der Waals surface area contributed by atoms with Crippen LogP contribution in [-0.4, -0.2) is 35.1 Å². The van der Waals surface area contributed by atoms with Crippen molar-refractivity contribution >= 4 is 40.3 Å². The number of amides is 1. The largest absolute Gasteiger partial charge is 0.354 e. The van der Waals surface area contributed by atoms with Crippen LogP contribution in [0.2, 0.25) is 0 Å². The van der Waals surface area contributed by atoms with Crippen LogP contribution < -0.4 is 10.6 Å². The van der Waals surface area contributed by atoms with Gasteiger partial charge in [0.1, 0.15) is 0 Å². The van der Waals surface area contributed by atoms with Gasteiger partial charge in [0, 0.05) is 28.4 Å². The van der Waals surface area contributed by atoms with Crippen LogP contribution in [0.1, 0.15) is 9.88 Å². The van der Waals surface area contributed by atoms with E-state index in [-0.39, 0.29) is 11.9 Å². The lowest BCUT2D eigenvalue weighted by molar-refractivity contribution is -0.122. The highest BCUT2D eigenvalue weighted by molar-refractivity contribution is 7.99. The summed E-state index contributed by atoms with van der Waals surface area (Å²) in [5.74, 6) is 1.87. The van der Waals surface area contributed by atoms with Crippen LogP contribution in [0.5, 0.6) is 0 Å². The molecule has 0 spiro atoms. The Kier molecular flexibility index (Phi) is 4.95. The second-order valence-corrected chi connectivity index (χ2v) is 8.09. The molecule has 0 aromatic carbocycles. The topological polar surface area (TPSA) is 54.0 Å². The van der Waals surface area contributed by atoms with Crippen LogP contribution in [0.4, 0.5) is 0 Å². The Hall–Kier alpha value is -0.890. The van der Waals surface area contributed by atoms with Crippen LogP contribution in [0.15, 0.2) is 17.5 Å². The van der Waals surface area contributed by atoms with Crippen molar-refractivity contribution in [2.45, 2.75) is 19.4 Å². The van der Waals surface area contributed by atoms with Gasteiger partial charge < -0.3 is 5.32 Å². The van der Waals surface area contributed by atoms with Crippen LogP contribution in [0.25, 0.3) is 10.6 Å². The predicted molar refractivity (Wildman–Crippen MR) is 91.1 cm³/mol. The number of rotatable bonds is 5. The number of carbonyl (C=O) groups is 1. The summed E-state index contributed by atoms with van der Waals surface area (Å²) in [5.41, 5.74) is 1.06. The van der Waals surface area contributed by atoms with Crippen LogP contribution in [0, 0.1) is 6.92 Å². The van der Waals surface area contributed by atoms with Crippen molar-refractivity contribution in [3.05, 3.63) is 27.4 Å². The number of nitrogens with one attached hydrogen (secondary N) is 2. The third-order valence-electron chi connectivity index (χ3n) is 3.24. The van der Waals surface area contributed by atoms with Gasteiger partial charge >= 0.3 is 0 Å². The highest BCUT2D eigenvalue weighted by Gasteiger charge is 2.21. The molecule has 1 unspecified atom stereocenters. The summed E-state index contributed by atoms with van der Waals surface area (Å²) in [6, 6.07) is 4.22. The molecule has 3 heterocycles. The van der Waals surface area contributed by atoms with Gasteiger partial charge in [0.2, 0.25) is 5.91 Å². The summed E-state index contributed by atoms with van der Waals surface area (Å²) in [4.78, 5) is 18.9. The lowest BCUT2D eigenvalue weighted by Gasteiger charge is -2.09. The molecule has 1 aliphatic heterocycles. The number of thiophene rings is 1. The quantitative estimate of drug-likeness (QED) is 0.879. The first-order valence-electron chi connectivity index (χ1n) is 6.82. The van der Waals surface area contributed by atoms with Crippen molar-refractivity contribution < 1.29 is 4.79 Å². The van der Waals surface area contributed by atoms with Gasteiger partial charge in [-0.2, -0.15) is 0 Å². The predicted octanol–water partition coefficient (Wildman–Crippen LogP) is 2.50. The molecule has 0 saturated carbocycles. The van der Waals surface area contributed by atoms with E-state index >= 15 is 0 Å². The van der Waals surface area contributed by atoms with Crippen molar-refractivity contribution in [3.63, 3.8) is 0 Å². The summed E-state index contributed by atoms with van der Waals surface area (Å²) in [6.07, 6.45) is 0.874. The molecule has 2 N–H and O–H groups in total. The number of hydrogen-bond donors (Lipinski definition) is 2. The smallest absolute Gasteiger partial charge is 0.238 e. The Morgan fingerprint density at radius 1 is 1.52 bits per heavy atom. The number of thiazole rings is 1. The van der Waals surface area contributed by atoms with Gasteiger partial charge in [0.25, 0.3) is 0 Å². The van der Waals surface area contributed by atoms with Gasteiger partial charge in [0.15, 0.2) is 0 Å². The minimum atomic E-state index is -0.0214. The van der Waals surface area contributed by atoms with E-state index in [1.807, 2.05) is 6.92 Å². The Bertz CT molecular complexity index is 617. The maximum atomic E-state index is 11.9. The molecule has 21 heavy (non-hydrogen) atoms. The minimum Gasteiger partial charge on any atom is -0.354 e. The Balaban J connectivity index is 1.49. The van der Waals surface area contributed by atoms with E-state index in [0.29, 0.717) is 6.54 Å². The van der Waals surface area contributed by atoms with E-state index < -0.39 is 0 Å². The first-order valence-corrected chi connectivity index (χ1v) is 9.67. The number of thioether (sulfide) groups is 1. The number of aromatic nitrogens is 1. The minimum absolute atomic E-state index is 0.0214. The summed E-state index contributed by atoms with van der Waals surface area (Å²) < 4.78 is 0. The molecule has 112 valence electrons. The van der Waals surface area contributed by atoms with Crippen molar-refractivity contribution in [2.75, 3.05) is 18.2 Å². The molecule has 7 heteroatoms. The van der Waals surface area contributed by atoms with Crippen molar-refractivity contribution in [1.82, 2.24) is 15.6 Å². The third kappa shape index (κ3) is 3.85. The Morgan fingerprint density at radius 2 is 2.43 bits per heavy atom. The Labute approximate surface area is 136 Å². The lowest BCUT2D eigenvalue weighted by atomic mass is 10.3. The molecule has 2 aromatic rings. The molecule has 2 aromatic heterocycles. The van der Waals surface area contributed by atoms with Crippen LogP contribution in [0.3, 0.4) is 0 Å². The monoisotopic (exact) mass is 339 g/mol. The number of aryl methyl sites for hydroxylation is 1. The SMILES string of the molecule is Cc1nc(-c2ccc(CCNC(=O)C3CSCN3)s2)cs1. The van der Waals surface area contributed by atoms with E-state index in [1.165, 1.54) is 9.75 Å².